The van der Waals surface area contributed by atoms with E-state index < -0.39 is 0 Å². The molecule has 0 aliphatic rings. The van der Waals surface area contributed by atoms with Gasteiger partial charge in [-0.3, -0.25) is 0 Å². The van der Waals surface area contributed by atoms with Crippen LogP contribution in [-0.4, -0.2) is 23.1 Å². The molecule has 0 amide bonds. The summed E-state index contributed by atoms with van der Waals surface area (Å²) in [6.07, 6.45) is 1.47. The third kappa shape index (κ3) is 2.97. The van der Waals surface area contributed by atoms with Crippen LogP contribution in [-0.2, 0) is 0 Å². The summed E-state index contributed by atoms with van der Waals surface area (Å²) in [7, 11) is 0. The van der Waals surface area contributed by atoms with E-state index in [-0.39, 0.29) is 11.9 Å². The fourth-order valence-corrected chi connectivity index (χ4v) is 1.54. The van der Waals surface area contributed by atoms with Crippen LogP contribution < -0.4 is 10.6 Å². The summed E-state index contributed by atoms with van der Waals surface area (Å²) < 4.78 is 0. The van der Waals surface area contributed by atoms with Crippen molar-refractivity contribution in [2.75, 3.05) is 23.7 Å². The monoisotopic (exact) mass is 239 g/mol. The van der Waals surface area contributed by atoms with Gasteiger partial charge in [0, 0.05) is 13.1 Å². The molecule has 5 nitrogen and oxygen atoms in total. The number of hydrogen-bond donors (Lipinski definition) is 1. The van der Waals surface area contributed by atoms with Crippen LogP contribution >= 0.6 is 11.6 Å². The van der Waals surface area contributed by atoms with Gasteiger partial charge in [0.15, 0.2) is 5.82 Å². The number of nitrogens with zero attached hydrogens (tertiary/aromatic N) is 4. The molecule has 1 rings (SSSR count). The molecule has 16 heavy (non-hydrogen) atoms. The van der Waals surface area contributed by atoms with Gasteiger partial charge in [0.2, 0.25) is 5.95 Å². The van der Waals surface area contributed by atoms with Gasteiger partial charge in [-0.2, -0.15) is 10.2 Å². The van der Waals surface area contributed by atoms with E-state index >= 15 is 0 Å². The molecule has 0 radical (unpaired) electrons. The highest BCUT2D eigenvalue weighted by Gasteiger charge is 2.14. The highest BCUT2D eigenvalue weighted by atomic mass is 35.5. The number of nitrogens with two attached hydrogens (primary N) is 1. The molecule has 1 unspecified atom stereocenters. The summed E-state index contributed by atoms with van der Waals surface area (Å²) in [5, 5.41) is 9.23. The second-order valence-electron chi connectivity index (χ2n) is 3.47. The second-order valence-corrected chi connectivity index (χ2v) is 3.88. The minimum atomic E-state index is -0.0905. The molecule has 2 N–H and O–H groups in total. The van der Waals surface area contributed by atoms with Gasteiger partial charge in [-0.1, -0.05) is 11.6 Å². The molecular formula is C10H14ClN5. The van der Waals surface area contributed by atoms with Crippen molar-refractivity contribution in [3.05, 3.63) is 11.2 Å². The minimum Gasteiger partial charge on any atom is -0.368 e. The number of hydrogen-bond acceptors (Lipinski definition) is 5. The highest BCUT2D eigenvalue weighted by molar-refractivity contribution is 6.32. The van der Waals surface area contributed by atoms with Crippen molar-refractivity contribution in [1.82, 2.24) is 9.97 Å². The second kappa shape index (κ2) is 5.52. The topological polar surface area (TPSA) is 78.8 Å². The maximum atomic E-state index is 8.78. The molecule has 1 heterocycles. The molecule has 0 saturated carbocycles. The Kier molecular flexibility index (Phi) is 4.32. The zero-order chi connectivity index (χ0) is 12.1. The maximum Gasteiger partial charge on any atom is 0.222 e. The lowest BCUT2D eigenvalue weighted by molar-refractivity contribution is 0.679. The van der Waals surface area contributed by atoms with E-state index in [0.717, 1.165) is 0 Å². The predicted octanol–water partition coefficient (Wildman–Crippen LogP) is 1.70. The fourth-order valence-electron chi connectivity index (χ4n) is 1.33. The normalized spacial score (nSPS) is 11.9. The SMILES string of the molecule is CCN(CC(C)C#N)c1nc(N)ncc1Cl. The standard InChI is InChI=1S/C10H14ClN5/c1-3-16(6-7(2)4-12)9-8(11)5-14-10(13)15-9/h5,7H,3,6H2,1-2H3,(H2,13,14,15). The molecule has 1 aromatic heterocycles. The number of nitriles is 1. The van der Waals surface area contributed by atoms with Crippen LogP contribution in [0, 0.1) is 17.2 Å². The molecule has 1 aromatic rings. The highest BCUT2D eigenvalue weighted by Crippen LogP contribution is 2.23. The third-order valence-corrected chi connectivity index (χ3v) is 2.41. The largest absolute Gasteiger partial charge is 0.368 e. The van der Waals surface area contributed by atoms with Gasteiger partial charge < -0.3 is 10.6 Å². The van der Waals surface area contributed by atoms with Crippen molar-refractivity contribution < 1.29 is 0 Å². The number of rotatable bonds is 4. The first-order chi connectivity index (χ1) is 7.58. The summed E-state index contributed by atoms with van der Waals surface area (Å²) in [5.41, 5.74) is 5.51. The lowest BCUT2D eigenvalue weighted by Crippen LogP contribution is -2.29. The maximum absolute atomic E-state index is 8.78. The van der Waals surface area contributed by atoms with Crippen LogP contribution in [0.5, 0.6) is 0 Å². The molecule has 6 heteroatoms. The van der Waals surface area contributed by atoms with Crippen LogP contribution in [0.4, 0.5) is 11.8 Å². The van der Waals surface area contributed by atoms with Crippen LogP contribution in [0.3, 0.4) is 0 Å². The number of aromatic nitrogens is 2. The molecule has 1 atom stereocenters. The van der Waals surface area contributed by atoms with Gasteiger partial charge >= 0.3 is 0 Å². The lowest BCUT2D eigenvalue weighted by atomic mass is 10.2. The Morgan fingerprint density at radius 1 is 1.69 bits per heavy atom. The van der Waals surface area contributed by atoms with Crippen molar-refractivity contribution in [3.63, 3.8) is 0 Å². The van der Waals surface area contributed by atoms with Gasteiger partial charge in [-0.15, -0.1) is 0 Å². The van der Waals surface area contributed by atoms with Gasteiger partial charge in [0.25, 0.3) is 0 Å². The first-order valence-electron chi connectivity index (χ1n) is 5.01. The van der Waals surface area contributed by atoms with Gasteiger partial charge in [0.05, 0.1) is 18.2 Å². The Bertz CT molecular complexity index is 401. The first-order valence-corrected chi connectivity index (χ1v) is 5.38. The molecule has 0 aliphatic carbocycles. The summed E-state index contributed by atoms with van der Waals surface area (Å²) in [6.45, 7) is 5.10. The minimum absolute atomic E-state index is 0.0905. The summed E-state index contributed by atoms with van der Waals surface area (Å²) in [6, 6.07) is 2.17. The van der Waals surface area contributed by atoms with Crippen LogP contribution in [0.15, 0.2) is 6.20 Å². The summed E-state index contributed by atoms with van der Waals surface area (Å²) in [4.78, 5) is 9.79. The van der Waals surface area contributed by atoms with Crippen molar-refractivity contribution in [1.29, 1.82) is 5.26 Å². The number of halogens is 1. The van der Waals surface area contributed by atoms with Crippen molar-refractivity contribution in [2.45, 2.75) is 13.8 Å². The van der Waals surface area contributed by atoms with Crippen molar-refractivity contribution >= 4 is 23.4 Å². The fraction of sp³-hybridized carbons (Fsp3) is 0.500. The lowest BCUT2D eigenvalue weighted by Gasteiger charge is -2.23. The Balaban J connectivity index is 2.95. The smallest absolute Gasteiger partial charge is 0.222 e. The summed E-state index contributed by atoms with van der Waals surface area (Å²) in [5.74, 6) is 0.674. The summed E-state index contributed by atoms with van der Waals surface area (Å²) >= 11 is 5.99. The molecular weight excluding hydrogens is 226 g/mol. The van der Waals surface area contributed by atoms with Crippen molar-refractivity contribution in [2.24, 2.45) is 5.92 Å². The predicted molar refractivity (Wildman–Crippen MR) is 64.1 cm³/mol. The Morgan fingerprint density at radius 3 is 2.94 bits per heavy atom. The van der Waals surface area contributed by atoms with E-state index in [4.69, 9.17) is 22.6 Å². The van der Waals surface area contributed by atoms with E-state index in [1.807, 2.05) is 18.7 Å². The zero-order valence-corrected chi connectivity index (χ0v) is 10.1. The average Bonchev–Trinajstić information content (AvgIpc) is 2.29. The Labute approximate surface area is 99.9 Å². The Hall–Kier alpha value is -1.54. The van der Waals surface area contributed by atoms with Crippen molar-refractivity contribution in [3.8, 4) is 6.07 Å². The van der Waals surface area contributed by atoms with E-state index in [0.29, 0.717) is 23.9 Å². The average molecular weight is 240 g/mol. The van der Waals surface area contributed by atoms with Crippen LogP contribution in [0.2, 0.25) is 5.02 Å². The first kappa shape index (κ1) is 12.5. The Morgan fingerprint density at radius 2 is 2.38 bits per heavy atom. The van der Waals surface area contributed by atoms with Gasteiger partial charge in [-0.05, 0) is 13.8 Å². The molecule has 0 bridgehead atoms. The molecule has 0 aliphatic heterocycles. The molecule has 0 fully saturated rings. The quantitative estimate of drug-likeness (QED) is 0.865. The molecule has 0 saturated heterocycles. The van der Waals surface area contributed by atoms with Gasteiger partial charge in [-0.25, -0.2) is 4.98 Å². The number of anilines is 2. The van der Waals surface area contributed by atoms with E-state index in [9.17, 15) is 0 Å². The van der Waals surface area contributed by atoms with E-state index in [1.165, 1.54) is 6.20 Å². The molecule has 0 aromatic carbocycles. The molecule has 86 valence electrons. The third-order valence-electron chi connectivity index (χ3n) is 2.14. The van der Waals surface area contributed by atoms with Gasteiger partial charge in [0.1, 0.15) is 5.02 Å². The molecule has 0 spiro atoms. The van der Waals surface area contributed by atoms with Crippen LogP contribution in [0.1, 0.15) is 13.8 Å². The zero-order valence-electron chi connectivity index (χ0n) is 9.31. The number of nitrogen functional groups attached to an aromatic ring is 1. The van der Waals surface area contributed by atoms with Crippen LogP contribution in [0.25, 0.3) is 0 Å². The van der Waals surface area contributed by atoms with E-state index in [2.05, 4.69) is 16.0 Å². The van der Waals surface area contributed by atoms with E-state index in [1.54, 1.807) is 0 Å².